The monoisotopic (exact) mass is 673 g/mol. The van der Waals surface area contributed by atoms with Crippen LogP contribution in [-0.2, 0) is 9.47 Å². The highest BCUT2D eigenvalue weighted by Crippen LogP contribution is 2.40. The third kappa shape index (κ3) is 8.20. The summed E-state index contributed by atoms with van der Waals surface area (Å²) in [7, 11) is 0.00214. The van der Waals surface area contributed by atoms with Crippen LogP contribution in [0.15, 0.2) is 12.3 Å². The van der Waals surface area contributed by atoms with Gasteiger partial charge in [-0.15, -0.1) is 0 Å². The van der Waals surface area contributed by atoms with Crippen molar-refractivity contribution in [3.05, 3.63) is 21.5 Å². The van der Waals surface area contributed by atoms with E-state index in [1.54, 1.807) is 0 Å². The molecule has 0 aromatic carbocycles. The number of piperidine rings is 1. The third-order valence-corrected chi connectivity index (χ3v) is 13.0. The fourth-order valence-electron chi connectivity index (χ4n) is 4.99. The van der Waals surface area contributed by atoms with Gasteiger partial charge in [-0.1, -0.05) is 39.3 Å². The Hall–Kier alpha value is -0.121. The van der Waals surface area contributed by atoms with Crippen molar-refractivity contribution >= 4 is 69.9 Å². The third-order valence-electron chi connectivity index (χ3n) is 7.54. The second-order valence-electron chi connectivity index (χ2n) is 13.2. The topological polar surface area (TPSA) is 55.1 Å². The second kappa shape index (κ2) is 12.6. The first-order chi connectivity index (χ1) is 17.4. The number of ether oxygens (including phenoxy) is 2. The van der Waals surface area contributed by atoms with E-state index >= 15 is 0 Å². The highest BCUT2D eigenvalue weighted by Gasteiger charge is 2.37. The number of hydrogen-bond acceptors (Lipinski definition) is 7. The van der Waals surface area contributed by atoms with Crippen LogP contribution in [0.3, 0.4) is 0 Å². The van der Waals surface area contributed by atoms with E-state index in [-0.39, 0.29) is 0 Å². The zero-order valence-corrected chi connectivity index (χ0v) is 28.8. The lowest BCUT2D eigenvalue weighted by molar-refractivity contribution is 0.0942. The summed E-state index contributed by atoms with van der Waals surface area (Å²) in [6, 6.07) is 5.87. The summed E-state index contributed by atoms with van der Waals surface area (Å²) >= 11 is 4.48. The Morgan fingerprint density at radius 3 is 2.14 bits per heavy atom. The molecular formula is C25H45BIN5O2SSi2. The summed E-state index contributed by atoms with van der Waals surface area (Å²) in [5.41, 5.74) is 2.14. The average Bonchev–Trinajstić information content (AvgIpc) is 3.17. The molecule has 0 aliphatic carbocycles. The van der Waals surface area contributed by atoms with Gasteiger partial charge in [-0.05, 0) is 47.5 Å². The molecule has 2 atom stereocenters. The standard InChI is InChI=1S/C25H45BIN5O2SSi2/c1-36(2,3)9-7-33-17-30(18-34-8-10-37(4,5)6)24-13-23(29-25-22(27)14-28-32(24)25)19-11-20-15-35-16-21(12-19)31(20)26/h13-14,19-21H,7-12,15-18,26H2,1-6H3. The zero-order chi connectivity index (χ0) is 26.8. The van der Waals surface area contributed by atoms with Crippen molar-refractivity contribution < 1.29 is 9.47 Å². The van der Waals surface area contributed by atoms with Gasteiger partial charge in [0.25, 0.3) is 0 Å². The Morgan fingerprint density at radius 2 is 1.59 bits per heavy atom. The summed E-state index contributed by atoms with van der Waals surface area (Å²) in [5.74, 6) is 3.96. The van der Waals surface area contributed by atoms with Crippen LogP contribution in [-0.4, -0.2) is 93.8 Å². The van der Waals surface area contributed by atoms with Gasteiger partial charge >= 0.3 is 0 Å². The Kier molecular flexibility index (Phi) is 10.2. The van der Waals surface area contributed by atoms with Crippen LogP contribution < -0.4 is 4.90 Å². The maximum absolute atomic E-state index is 6.26. The molecule has 2 fully saturated rings. The Bertz CT molecular complexity index is 1010. The van der Waals surface area contributed by atoms with Gasteiger partial charge in [-0.3, -0.25) is 0 Å². The first-order valence-electron chi connectivity index (χ1n) is 13.7. The molecule has 2 aliphatic heterocycles. The molecule has 0 saturated carbocycles. The van der Waals surface area contributed by atoms with Gasteiger partial charge in [0.2, 0.25) is 0 Å². The number of fused-ring (bicyclic) bond motifs is 3. The second-order valence-corrected chi connectivity index (χ2v) is 26.7. The summed E-state index contributed by atoms with van der Waals surface area (Å²) in [5, 5.41) is 4.73. The first-order valence-corrected chi connectivity index (χ1v) is 23.3. The molecule has 0 amide bonds. The summed E-state index contributed by atoms with van der Waals surface area (Å²) in [6.45, 7) is 17.0. The van der Waals surface area contributed by atoms with Gasteiger partial charge in [0.1, 0.15) is 19.3 Å². The van der Waals surface area contributed by atoms with Gasteiger partial charge in [-0.25, -0.2) is 4.98 Å². The van der Waals surface area contributed by atoms with Crippen LogP contribution in [0.25, 0.3) is 5.65 Å². The Balaban J connectivity index is 1.59. The van der Waals surface area contributed by atoms with Gasteiger partial charge < -0.3 is 19.2 Å². The average molecular weight is 674 g/mol. The van der Waals surface area contributed by atoms with Crippen molar-refractivity contribution in [2.75, 3.05) is 43.1 Å². The molecular weight excluding hydrogens is 628 g/mol. The van der Waals surface area contributed by atoms with E-state index in [1.165, 1.54) is 30.0 Å². The molecule has 0 N–H and O–H groups in total. The van der Waals surface area contributed by atoms with Crippen LogP contribution in [0.5, 0.6) is 0 Å². The highest BCUT2D eigenvalue weighted by atomic mass is 127. The number of hydrogen-bond donors (Lipinski definition) is 0. The molecule has 2 saturated heterocycles. The first kappa shape index (κ1) is 29.9. The summed E-state index contributed by atoms with van der Waals surface area (Å²) in [6.07, 6.45) is 4.27. The number of nitrogens with zero attached hydrogens (tertiary/aromatic N) is 5. The number of anilines is 1. The molecule has 4 heterocycles. The van der Waals surface area contributed by atoms with Crippen molar-refractivity contribution in [3.8, 4) is 0 Å². The molecule has 7 nitrogen and oxygen atoms in total. The molecule has 2 unspecified atom stereocenters. The van der Waals surface area contributed by atoms with Gasteiger partial charge in [0.15, 0.2) is 13.6 Å². The molecule has 12 heteroatoms. The molecule has 0 radical (unpaired) electrons. The molecule has 206 valence electrons. The van der Waals surface area contributed by atoms with Gasteiger partial charge in [0, 0.05) is 70.6 Å². The largest absolute Gasteiger partial charge is 0.361 e. The lowest BCUT2D eigenvalue weighted by Crippen LogP contribution is -2.52. The van der Waals surface area contributed by atoms with Gasteiger partial charge in [-0.2, -0.15) is 21.4 Å². The fourth-order valence-corrected chi connectivity index (χ4v) is 8.39. The summed E-state index contributed by atoms with van der Waals surface area (Å²) < 4.78 is 15.6. The Labute approximate surface area is 244 Å². The quantitative estimate of drug-likeness (QED) is 0.137. The van der Waals surface area contributed by atoms with Crippen LogP contribution in [0, 0.1) is 3.57 Å². The van der Waals surface area contributed by atoms with Crippen molar-refractivity contribution in [3.63, 3.8) is 0 Å². The maximum atomic E-state index is 6.26. The van der Waals surface area contributed by atoms with Crippen molar-refractivity contribution in [2.45, 2.75) is 82.2 Å². The van der Waals surface area contributed by atoms with E-state index in [4.69, 9.17) is 19.6 Å². The molecule has 4 rings (SSSR count). The SMILES string of the molecule is BN1C2CSCC1CC(c1cc(N(COCC[Si](C)(C)C)COCC[Si](C)(C)C)n3ncc(I)c3n1)C2. The van der Waals surface area contributed by atoms with E-state index in [2.05, 4.69) is 97.4 Å². The van der Waals surface area contributed by atoms with Crippen LogP contribution in [0.1, 0.15) is 24.5 Å². The fraction of sp³-hybridized carbons (Fsp3) is 0.760. The normalized spacial score (nSPS) is 23.1. The van der Waals surface area contributed by atoms with Crippen molar-refractivity contribution in [1.82, 2.24) is 19.4 Å². The van der Waals surface area contributed by atoms with Gasteiger partial charge in [0.05, 0.1) is 9.77 Å². The number of halogens is 1. The Morgan fingerprint density at radius 1 is 1.03 bits per heavy atom. The molecule has 2 aromatic rings. The number of thioether (sulfide) groups is 1. The van der Waals surface area contributed by atoms with E-state index < -0.39 is 16.1 Å². The molecule has 2 aliphatic rings. The smallest absolute Gasteiger partial charge is 0.186 e. The highest BCUT2D eigenvalue weighted by molar-refractivity contribution is 14.1. The van der Waals surface area contributed by atoms with E-state index in [0.717, 1.165) is 40.3 Å². The predicted molar refractivity (Wildman–Crippen MR) is 173 cm³/mol. The van der Waals surface area contributed by atoms with E-state index in [0.29, 0.717) is 31.5 Å². The lowest BCUT2D eigenvalue weighted by atomic mass is 9.82. The molecule has 0 spiro atoms. The summed E-state index contributed by atoms with van der Waals surface area (Å²) in [4.78, 5) is 10.0. The van der Waals surface area contributed by atoms with E-state index in [9.17, 15) is 0 Å². The minimum Gasteiger partial charge on any atom is -0.361 e. The molecule has 37 heavy (non-hydrogen) atoms. The number of rotatable bonds is 12. The van der Waals surface area contributed by atoms with Crippen molar-refractivity contribution in [2.24, 2.45) is 0 Å². The van der Waals surface area contributed by atoms with E-state index in [1.807, 2.05) is 10.7 Å². The van der Waals surface area contributed by atoms with Crippen LogP contribution >= 0.6 is 34.4 Å². The zero-order valence-electron chi connectivity index (χ0n) is 23.8. The van der Waals surface area contributed by atoms with Crippen LogP contribution in [0.4, 0.5) is 5.82 Å². The van der Waals surface area contributed by atoms with Crippen molar-refractivity contribution in [1.29, 1.82) is 0 Å². The van der Waals surface area contributed by atoms with Crippen LogP contribution in [0.2, 0.25) is 51.4 Å². The number of aromatic nitrogens is 3. The minimum atomic E-state index is -1.15. The maximum Gasteiger partial charge on any atom is 0.186 e. The lowest BCUT2D eigenvalue weighted by Gasteiger charge is -2.47. The molecule has 2 bridgehead atoms. The predicted octanol–water partition coefficient (Wildman–Crippen LogP) is 4.98. The molecule has 2 aromatic heterocycles. The minimum absolute atomic E-state index is 0.476.